The number of aryl methyl sites for hydroxylation is 1. The van der Waals surface area contributed by atoms with Gasteiger partial charge in [0.15, 0.2) is 0 Å². The third-order valence-electron chi connectivity index (χ3n) is 5.40. The van der Waals surface area contributed by atoms with Crippen molar-refractivity contribution in [3.05, 3.63) is 76.0 Å². The van der Waals surface area contributed by atoms with E-state index in [1.54, 1.807) is 36.6 Å². The minimum absolute atomic E-state index is 0.0224. The lowest BCUT2D eigenvalue weighted by molar-refractivity contribution is -0.0500. The van der Waals surface area contributed by atoms with E-state index in [0.29, 0.717) is 10.8 Å². The first-order valence-corrected chi connectivity index (χ1v) is 18.5. The van der Waals surface area contributed by atoms with Gasteiger partial charge in [-0.3, -0.25) is 0 Å². The van der Waals surface area contributed by atoms with E-state index in [0.717, 1.165) is 9.87 Å². The molecule has 0 saturated carbocycles. The van der Waals surface area contributed by atoms with Gasteiger partial charge in [0, 0.05) is 23.1 Å². The molecule has 2 aromatic carbocycles. The van der Waals surface area contributed by atoms with Crippen molar-refractivity contribution in [2.45, 2.75) is 43.5 Å². The SMILES string of the molecule is Cc1ccc(S(=O)(=O)N(CC#Cc2ccsc2)Cc2cccc([Si](C)(C)C)c2OS(=O)(=O)C(F)(F)F)cc1. The van der Waals surface area contributed by atoms with E-state index in [2.05, 4.69) is 16.0 Å². The molecular weight excluding hydrogens is 576 g/mol. The number of hydrogen-bond donors (Lipinski definition) is 0. The van der Waals surface area contributed by atoms with E-state index in [-0.39, 0.29) is 17.0 Å². The van der Waals surface area contributed by atoms with Crippen molar-refractivity contribution in [3.8, 4) is 17.6 Å². The molecule has 0 N–H and O–H groups in total. The van der Waals surface area contributed by atoms with Crippen molar-refractivity contribution in [1.82, 2.24) is 4.31 Å². The van der Waals surface area contributed by atoms with Crippen LogP contribution in [0, 0.1) is 18.8 Å². The fourth-order valence-corrected chi connectivity index (χ4v) is 7.38. The van der Waals surface area contributed by atoms with Crippen LogP contribution in [0.3, 0.4) is 0 Å². The topological polar surface area (TPSA) is 80.8 Å². The lowest BCUT2D eigenvalue weighted by Gasteiger charge is -2.26. The molecular formula is C25H26F3NO5S3Si. The Balaban J connectivity index is 2.14. The summed E-state index contributed by atoms with van der Waals surface area (Å²) in [5, 5.41) is 3.91. The van der Waals surface area contributed by atoms with Gasteiger partial charge in [0.1, 0.15) is 5.75 Å². The van der Waals surface area contributed by atoms with E-state index in [1.807, 2.05) is 25.0 Å². The highest BCUT2D eigenvalue weighted by molar-refractivity contribution is 7.89. The van der Waals surface area contributed by atoms with Gasteiger partial charge in [0.05, 0.1) is 19.5 Å². The summed E-state index contributed by atoms with van der Waals surface area (Å²) in [5.41, 5.74) is -4.16. The van der Waals surface area contributed by atoms with Gasteiger partial charge in [0.25, 0.3) is 0 Å². The van der Waals surface area contributed by atoms with Gasteiger partial charge >= 0.3 is 15.6 Å². The second-order valence-corrected chi connectivity index (χ2v) is 18.7. The predicted octanol–water partition coefficient (Wildman–Crippen LogP) is 5.07. The Morgan fingerprint density at radius 1 is 1.00 bits per heavy atom. The van der Waals surface area contributed by atoms with Gasteiger partial charge < -0.3 is 4.18 Å². The van der Waals surface area contributed by atoms with E-state index in [4.69, 9.17) is 0 Å². The first-order chi connectivity index (χ1) is 17.5. The molecule has 0 amide bonds. The number of benzene rings is 2. The molecule has 0 atom stereocenters. The second-order valence-electron chi connectivity index (χ2n) is 9.43. The van der Waals surface area contributed by atoms with Crippen molar-refractivity contribution < 1.29 is 34.2 Å². The average Bonchev–Trinajstić information content (AvgIpc) is 3.31. The van der Waals surface area contributed by atoms with Gasteiger partial charge in [-0.05, 0) is 35.7 Å². The quantitative estimate of drug-likeness (QED) is 0.156. The first kappa shape index (κ1) is 29.9. The Hall–Kier alpha value is -2.63. The smallest absolute Gasteiger partial charge is 0.376 e. The van der Waals surface area contributed by atoms with E-state index in [1.165, 1.54) is 35.6 Å². The minimum Gasteiger partial charge on any atom is -0.376 e. The molecule has 1 aromatic heterocycles. The highest BCUT2D eigenvalue weighted by Crippen LogP contribution is 2.31. The van der Waals surface area contributed by atoms with Crippen LogP contribution in [0.25, 0.3) is 0 Å². The minimum atomic E-state index is -6.00. The molecule has 6 nitrogen and oxygen atoms in total. The van der Waals surface area contributed by atoms with Crippen LogP contribution < -0.4 is 9.37 Å². The standard InChI is InChI=1S/C25H26F3NO5S3Si/c1-19-10-12-22(13-11-19)36(30,31)29(15-6-7-20-14-16-35-18-20)17-21-8-5-9-23(38(2,3)4)24(21)34-37(32,33)25(26,27)28/h5,8-14,16,18H,15,17H2,1-4H3. The molecule has 0 unspecified atom stereocenters. The molecule has 0 spiro atoms. The molecule has 0 aliphatic heterocycles. The van der Waals surface area contributed by atoms with Gasteiger partial charge in [0.2, 0.25) is 10.0 Å². The molecule has 3 rings (SSSR count). The summed E-state index contributed by atoms with van der Waals surface area (Å²) in [6.07, 6.45) is 0. The molecule has 0 radical (unpaired) electrons. The molecule has 1 heterocycles. The molecule has 38 heavy (non-hydrogen) atoms. The fraction of sp³-hybridized carbons (Fsp3) is 0.280. The van der Waals surface area contributed by atoms with Crippen LogP contribution in [0.5, 0.6) is 5.75 Å². The maximum atomic E-state index is 13.6. The molecule has 0 aliphatic carbocycles. The molecule has 3 aromatic rings. The summed E-state index contributed by atoms with van der Waals surface area (Å²) in [6.45, 7) is 6.47. The third-order valence-corrected chi connectivity index (χ3v) is 10.8. The van der Waals surface area contributed by atoms with Crippen LogP contribution in [0.1, 0.15) is 16.7 Å². The van der Waals surface area contributed by atoms with Gasteiger partial charge in [-0.15, -0.1) is 0 Å². The van der Waals surface area contributed by atoms with Crippen molar-refractivity contribution in [1.29, 1.82) is 0 Å². The Labute approximate surface area is 226 Å². The van der Waals surface area contributed by atoms with Crippen molar-refractivity contribution in [2.75, 3.05) is 6.54 Å². The Kier molecular flexibility index (Phi) is 8.84. The van der Waals surface area contributed by atoms with E-state index >= 15 is 0 Å². The zero-order chi connectivity index (χ0) is 28.4. The number of sulfonamides is 1. The number of para-hydroxylation sites is 1. The second kappa shape index (κ2) is 11.2. The number of halogens is 3. The van der Waals surface area contributed by atoms with Gasteiger partial charge in [-0.1, -0.05) is 67.4 Å². The number of alkyl halides is 3. The predicted molar refractivity (Wildman–Crippen MR) is 145 cm³/mol. The fourth-order valence-electron chi connectivity index (χ4n) is 3.40. The summed E-state index contributed by atoms with van der Waals surface area (Å²) in [4.78, 5) is -0.0350. The summed E-state index contributed by atoms with van der Waals surface area (Å²) >= 11 is 1.42. The normalized spacial score (nSPS) is 12.7. The van der Waals surface area contributed by atoms with Crippen molar-refractivity contribution >= 4 is 44.7 Å². The maximum absolute atomic E-state index is 13.6. The van der Waals surface area contributed by atoms with Crippen LogP contribution in [-0.4, -0.2) is 41.3 Å². The number of thiophene rings is 1. The first-order valence-electron chi connectivity index (χ1n) is 11.2. The summed E-state index contributed by atoms with van der Waals surface area (Å²) in [7, 11) is -12.6. The van der Waals surface area contributed by atoms with Gasteiger partial charge in [-0.25, -0.2) is 8.42 Å². The van der Waals surface area contributed by atoms with Gasteiger partial charge in [-0.2, -0.15) is 37.2 Å². The lowest BCUT2D eigenvalue weighted by atomic mass is 10.2. The van der Waals surface area contributed by atoms with E-state index in [9.17, 15) is 30.0 Å². The number of nitrogens with zero attached hydrogens (tertiary/aromatic N) is 1. The number of hydrogen-bond acceptors (Lipinski definition) is 6. The van der Waals surface area contributed by atoms with E-state index < -0.39 is 46.0 Å². The molecule has 204 valence electrons. The van der Waals surface area contributed by atoms with Crippen LogP contribution in [0.15, 0.2) is 64.2 Å². The molecule has 0 bridgehead atoms. The summed E-state index contributed by atoms with van der Waals surface area (Å²) in [5.74, 6) is 5.17. The van der Waals surface area contributed by atoms with Crippen LogP contribution in [0.2, 0.25) is 19.6 Å². The lowest BCUT2D eigenvalue weighted by Crippen LogP contribution is -2.41. The summed E-state index contributed by atoms with van der Waals surface area (Å²) < 4.78 is 96.7. The zero-order valence-corrected chi connectivity index (χ0v) is 24.5. The highest BCUT2D eigenvalue weighted by atomic mass is 32.2. The maximum Gasteiger partial charge on any atom is 0.534 e. The van der Waals surface area contributed by atoms with Crippen LogP contribution >= 0.6 is 11.3 Å². The van der Waals surface area contributed by atoms with Crippen LogP contribution in [-0.2, 0) is 26.7 Å². The monoisotopic (exact) mass is 601 g/mol. The Bertz CT molecular complexity index is 1550. The Morgan fingerprint density at radius 3 is 2.21 bits per heavy atom. The summed E-state index contributed by atoms with van der Waals surface area (Å²) in [6, 6.07) is 12.3. The molecule has 13 heteroatoms. The molecule has 0 saturated heterocycles. The number of rotatable bonds is 8. The Morgan fingerprint density at radius 2 is 1.66 bits per heavy atom. The third kappa shape index (κ3) is 7.06. The highest BCUT2D eigenvalue weighted by Gasteiger charge is 2.49. The zero-order valence-electron chi connectivity index (χ0n) is 21.0. The molecule has 0 fully saturated rings. The molecule has 0 aliphatic rings. The average molecular weight is 602 g/mol. The largest absolute Gasteiger partial charge is 0.534 e. The van der Waals surface area contributed by atoms with Crippen molar-refractivity contribution in [2.24, 2.45) is 0 Å². The van der Waals surface area contributed by atoms with Crippen LogP contribution in [0.4, 0.5) is 13.2 Å². The van der Waals surface area contributed by atoms with Crippen molar-refractivity contribution in [3.63, 3.8) is 0 Å².